The van der Waals surface area contributed by atoms with Crippen LogP contribution < -0.4 is 0 Å². The molecule has 106 valence electrons. The van der Waals surface area contributed by atoms with Crippen LogP contribution >= 0.6 is 15.9 Å². The Morgan fingerprint density at radius 2 is 2.30 bits per heavy atom. The minimum absolute atomic E-state index is 0.0864. The van der Waals surface area contributed by atoms with Gasteiger partial charge in [0.1, 0.15) is 0 Å². The molecule has 0 unspecified atom stereocenters. The highest BCUT2D eigenvalue weighted by Gasteiger charge is 2.11. The highest BCUT2D eigenvalue weighted by atomic mass is 79.9. The lowest BCUT2D eigenvalue weighted by atomic mass is 10.2. The monoisotopic (exact) mass is 339 g/mol. The number of nitrogens with zero attached hydrogens (tertiary/aromatic N) is 3. The lowest BCUT2D eigenvalue weighted by molar-refractivity contribution is -0.137. The van der Waals surface area contributed by atoms with Crippen molar-refractivity contribution < 1.29 is 14.4 Å². The van der Waals surface area contributed by atoms with Gasteiger partial charge in [0.15, 0.2) is 0 Å². The van der Waals surface area contributed by atoms with E-state index in [9.17, 15) is 4.79 Å². The van der Waals surface area contributed by atoms with Crippen LogP contribution in [0.3, 0.4) is 0 Å². The van der Waals surface area contributed by atoms with Crippen LogP contribution in [0.1, 0.15) is 12.3 Å². The summed E-state index contributed by atoms with van der Waals surface area (Å²) < 4.78 is 6.12. The Balaban J connectivity index is 2.00. The van der Waals surface area contributed by atoms with Crippen molar-refractivity contribution in [3.05, 3.63) is 34.6 Å². The maximum atomic E-state index is 10.5. The van der Waals surface area contributed by atoms with Gasteiger partial charge in [0, 0.05) is 16.6 Å². The van der Waals surface area contributed by atoms with Crippen molar-refractivity contribution in [2.24, 2.45) is 0 Å². The second kappa shape index (κ2) is 6.62. The van der Waals surface area contributed by atoms with E-state index in [1.807, 2.05) is 36.2 Å². The Morgan fingerprint density at radius 3 is 3.00 bits per heavy atom. The average molecular weight is 340 g/mol. The lowest BCUT2D eigenvalue weighted by Crippen LogP contribution is -2.21. The molecule has 0 spiro atoms. The van der Waals surface area contributed by atoms with Gasteiger partial charge in [0.25, 0.3) is 0 Å². The summed E-state index contributed by atoms with van der Waals surface area (Å²) in [6.45, 7) is 0.859. The number of rotatable bonds is 6. The molecule has 0 aliphatic carbocycles. The van der Waals surface area contributed by atoms with Crippen molar-refractivity contribution in [3.63, 3.8) is 0 Å². The molecule has 1 heterocycles. The van der Waals surface area contributed by atoms with Crippen LogP contribution in [0.2, 0.25) is 0 Å². The zero-order valence-corrected chi connectivity index (χ0v) is 12.5. The molecular formula is C13H14BrN3O3. The first-order chi connectivity index (χ1) is 9.54. The molecule has 1 aromatic heterocycles. The molecule has 0 fully saturated rings. The summed E-state index contributed by atoms with van der Waals surface area (Å²) in [5.41, 5.74) is 0.863. The number of aromatic nitrogens is 2. The van der Waals surface area contributed by atoms with Crippen molar-refractivity contribution in [1.29, 1.82) is 0 Å². The first kappa shape index (κ1) is 14.7. The van der Waals surface area contributed by atoms with Crippen molar-refractivity contribution in [2.75, 3.05) is 13.6 Å². The Bertz CT molecular complexity index is 600. The van der Waals surface area contributed by atoms with Gasteiger partial charge in [-0.2, -0.15) is 4.98 Å². The van der Waals surface area contributed by atoms with Gasteiger partial charge in [-0.05, 0) is 19.2 Å². The average Bonchev–Trinajstić information content (AvgIpc) is 2.85. The van der Waals surface area contributed by atoms with Gasteiger partial charge in [0.2, 0.25) is 11.7 Å². The summed E-state index contributed by atoms with van der Waals surface area (Å²) in [5, 5.41) is 12.6. The van der Waals surface area contributed by atoms with Gasteiger partial charge < -0.3 is 9.63 Å². The van der Waals surface area contributed by atoms with Crippen LogP contribution in [0.15, 0.2) is 33.3 Å². The highest BCUT2D eigenvalue weighted by molar-refractivity contribution is 9.10. The molecule has 0 aliphatic rings. The topological polar surface area (TPSA) is 79.5 Å². The van der Waals surface area contributed by atoms with E-state index in [1.54, 1.807) is 0 Å². The lowest BCUT2D eigenvalue weighted by Gasteiger charge is -2.11. The van der Waals surface area contributed by atoms with E-state index in [0.717, 1.165) is 10.0 Å². The predicted octanol–water partition coefficient (Wildman–Crippen LogP) is 2.41. The fourth-order valence-electron chi connectivity index (χ4n) is 1.66. The molecule has 1 aromatic carbocycles. The molecule has 0 bridgehead atoms. The standard InChI is InChI=1S/C13H14BrN3O3/c1-17(6-5-12(18)19)8-11-15-13(16-20-11)9-3-2-4-10(14)7-9/h2-4,7H,5-6,8H2,1H3,(H,18,19). The second-order valence-corrected chi connectivity index (χ2v) is 5.32. The summed E-state index contributed by atoms with van der Waals surface area (Å²) in [6, 6.07) is 7.62. The number of halogens is 1. The zero-order valence-electron chi connectivity index (χ0n) is 10.9. The van der Waals surface area contributed by atoms with E-state index in [2.05, 4.69) is 26.1 Å². The smallest absolute Gasteiger partial charge is 0.304 e. The van der Waals surface area contributed by atoms with Crippen molar-refractivity contribution in [1.82, 2.24) is 15.0 Å². The van der Waals surface area contributed by atoms with Crippen LogP contribution in [0, 0.1) is 0 Å². The number of carbonyl (C=O) groups is 1. The summed E-state index contributed by atoms with van der Waals surface area (Å²) in [5.74, 6) is 0.165. The molecular weight excluding hydrogens is 326 g/mol. The molecule has 1 N–H and O–H groups in total. The van der Waals surface area contributed by atoms with Crippen LogP contribution in [0.5, 0.6) is 0 Å². The third-order valence-corrected chi connectivity index (χ3v) is 3.16. The molecule has 0 amide bonds. The van der Waals surface area contributed by atoms with E-state index < -0.39 is 5.97 Å². The first-order valence-electron chi connectivity index (χ1n) is 6.03. The van der Waals surface area contributed by atoms with E-state index in [4.69, 9.17) is 9.63 Å². The predicted molar refractivity (Wildman–Crippen MR) is 76.0 cm³/mol. The molecule has 0 atom stereocenters. The Labute approximate surface area is 124 Å². The quantitative estimate of drug-likeness (QED) is 0.870. The van der Waals surface area contributed by atoms with Gasteiger partial charge in [-0.1, -0.05) is 33.2 Å². The number of hydrogen-bond donors (Lipinski definition) is 1. The number of carboxylic acids is 1. The van der Waals surface area contributed by atoms with Crippen molar-refractivity contribution >= 4 is 21.9 Å². The van der Waals surface area contributed by atoms with E-state index >= 15 is 0 Å². The maximum absolute atomic E-state index is 10.5. The Hall–Kier alpha value is -1.73. The minimum Gasteiger partial charge on any atom is -0.481 e. The van der Waals surface area contributed by atoms with Gasteiger partial charge in [-0.15, -0.1) is 0 Å². The molecule has 2 aromatic rings. The summed E-state index contributed by atoms with van der Waals surface area (Å²) >= 11 is 3.39. The molecule has 0 radical (unpaired) electrons. The van der Waals surface area contributed by atoms with Crippen molar-refractivity contribution in [2.45, 2.75) is 13.0 Å². The maximum Gasteiger partial charge on any atom is 0.304 e. The number of hydrogen-bond acceptors (Lipinski definition) is 5. The zero-order chi connectivity index (χ0) is 14.5. The normalized spacial score (nSPS) is 10.9. The van der Waals surface area contributed by atoms with Gasteiger partial charge in [0.05, 0.1) is 13.0 Å². The van der Waals surface area contributed by atoms with Gasteiger partial charge in [-0.25, -0.2) is 0 Å². The minimum atomic E-state index is -0.822. The Morgan fingerprint density at radius 1 is 1.50 bits per heavy atom. The third-order valence-electron chi connectivity index (χ3n) is 2.66. The molecule has 6 nitrogen and oxygen atoms in total. The van der Waals surface area contributed by atoms with Crippen LogP contribution in [0.25, 0.3) is 11.4 Å². The van der Waals surface area contributed by atoms with Crippen molar-refractivity contribution in [3.8, 4) is 11.4 Å². The van der Waals surface area contributed by atoms with E-state index in [1.165, 1.54) is 0 Å². The number of carboxylic acid groups (broad SMARTS) is 1. The largest absolute Gasteiger partial charge is 0.481 e. The SMILES string of the molecule is CN(CCC(=O)O)Cc1nc(-c2cccc(Br)c2)no1. The highest BCUT2D eigenvalue weighted by Crippen LogP contribution is 2.20. The van der Waals surface area contributed by atoms with Crippen LogP contribution in [-0.2, 0) is 11.3 Å². The van der Waals surface area contributed by atoms with E-state index in [-0.39, 0.29) is 6.42 Å². The number of benzene rings is 1. The molecule has 20 heavy (non-hydrogen) atoms. The third kappa shape index (κ3) is 4.14. The summed E-state index contributed by atoms with van der Waals surface area (Å²) in [7, 11) is 1.81. The molecule has 0 saturated heterocycles. The molecule has 2 rings (SSSR count). The fraction of sp³-hybridized carbons (Fsp3) is 0.308. The van der Waals surface area contributed by atoms with E-state index in [0.29, 0.717) is 24.8 Å². The van der Waals surface area contributed by atoms with Gasteiger partial charge in [-0.3, -0.25) is 9.69 Å². The number of aliphatic carboxylic acids is 1. The fourth-order valence-corrected chi connectivity index (χ4v) is 2.06. The second-order valence-electron chi connectivity index (χ2n) is 4.40. The van der Waals surface area contributed by atoms with Gasteiger partial charge >= 0.3 is 5.97 Å². The summed E-state index contributed by atoms with van der Waals surface area (Å²) in [4.78, 5) is 16.6. The molecule has 0 aliphatic heterocycles. The van der Waals surface area contributed by atoms with Crippen LogP contribution in [0.4, 0.5) is 0 Å². The molecule has 7 heteroatoms. The first-order valence-corrected chi connectivity index (χ1v) is 6.83. The molecule has 0 saturated carbocycles. The Kier molecular flexibility index (Phi) is 4.86. The summed E-state index contributed by atoms with van der Waals surface area (Å²) in [6.07, 6.45) is 0.0864. The van der Waals surface area contributed by atoms with Crippen LogP contribution in [-0.4, -0.2) is 39.7 Å².